The zero-order valence-electron chi connectivity index (χ0n) is 10.9. The third-order valence-corrected chi connectivity index (χ3v) is 6.13. The van der Waals surface area contributed by atoms with E-state index in [1.807, 2.05) is 13.0 Å². The lowest BCUT2D eigenvalue weighted by molar-refractivity contribution is -0.141. The Bertz CT molecular complexity index is 451. The van der Waals surface area contributed by atoms with Crippen molar-refractivity contribution in [2.45, 2.75) is 44.8 Å². The Morgan fingerprint density at radius 2 is 2.28 bits per heavy atom. The number of carbonyl (C=O) groups is 1. The van der Waals surface area contributed by atoms with E-state index in [2.05, 4.69) is 6.92 Å². The number of rotatable bonds is 0. The molecule has 0 amide bonds. The van der Waals surface area contributed by atoms with E-state index in [1.165, 1.54) is 0 Å². The monoisotopic (exact) mass is 248 g/mol. The van der Waals surface area contributed by atoms with Crippen LogP contribution >= 0.6 is 0 Å². The highest BCUT2D eigenvalue weighted by atomic mass is 16.6. The van der Waals surface area contributed by atoms with E-state index < -0.39 is 5.60 Å². The Labute approximate surface area is 107 Å². The maximum absolute atomic E-state index is 11.9. The van der Waals surface area contributed by atoms with Gasteiger partial charge in [0.25, 0.3) is 0 Å². The summed E-state index contributed by atoms with van der Waals surface area (Å²) >= 11 is 0. The third-order valence-electron chi connectivity index (χ3n) is 6.13. The Morgan fingerprint density at radius 3 is 3.06 bits per heavy atom. The van der Waals surface area contributed by atoms with Gasteiger partial charge in [0.1, 0.15) is 6.10 Å². The lowest BCUT2D eigenvalue weighted by Gasteiger charge is -2.48. The summed E-state index contributed by atoms with van der Waals surface area (Å²) in [4.78, 5) is 11.9. The van der Waals surface area contributed by atoms with E-state index in [0.717, 1.165) is 24.8 Å². The molecule has 0 unspecified atom stereocenters. The van der Waals surface area contributed by atoms with Crippen molar-refractivity contribution in [1.82, 2.24) is 0 Å². The highest BCUT2D eigenvalue weighted by Gasteiger charge is 2.63. The van der Waals surface area contributed by atoms with E-state index >= 15 is 0 Å². The van der Waals surface area contributed by atoms with Crippen molar-refractivity contribution in [1.29, 1.82) is 0 Å². The van der Waals surface area contributed by atoms with Crippen LogP contribution in [0.3, 0.4) is 0 Å². The number of esters is 1. The van der Waals surface area contributed by atoms with Crippen LogP contribution in [0.4, 0.5) is 0 Å². The predicted octanol–water partition coefficient (Wildman–Crippen LogP) is 1.90. The number of allylic oxidation sites excluding steroid dienone is 1. The van der Waals surface area contributed by atoms with E-state index in [0.29, 0.717) is 23.7 Å². The normalized spacial score (nSPS) is 57.1. The van der Waals surface area contributed by atoms with Gasteiger partial charge in [-0.05, 0) is 49.9 Å². The molecule has 0 aromatic heterocycles. The summed E-state index contributed by atoms with van der Waals surface area (Å²) in [6, 6.07) is 0. The van der Waals surface area contributed by atoms with Crippen LogP contribution in [0, 0.1) is 29.6 Å². The maximum Gasteiger partial charge on any atom is 0.334 e. The van der Waals surface area contributed by atoms with Gasteiger partial charge in [0, 0.05) is 11.5 Å². The molecule has 4 rings (SSSR count). The number of ether oxygens (including phenoxy) is 1. The number of carbonyl (C=O) groups excluding carboxylic acids is 1. The van der Waals surface area contributed by atoms with Crippen molar-refractivity contribution >= 4 is 5.97 Å². The molecule has 0 bridgehead atoms. The van der Waals surface area contributed by atoms with Crippen molar-refractivity contribution < 1.29 is 14.6 Å². The van der Waals surface area contributed by atoms with Crippen molar-refractivity contribution in [3.63, 3.8) is 0 Å². The minimum Gasteiger partial charge on any atom is -0.458 e. The van der Waals surface area contributed by atoms with Gasteiger partial charge in [0.15, 0.2) is 0 Å². The summed E-state index contributed by atoms with van der Waals surface area (Å²) in [5.74, 6) is 2.02. The van der Waals surface area contributed by atoms with Crippen molar-refractivity contribution in [2.24, 2.45) is 29.6 Å². The van der Waals surface area contributed by atoms with Crippen LogP contribution in [0.25, 0.3) is 0 Å². The largest absolute Gasteiger partial charge is 0.458 e. The number of aliphatic hydroxyl groups is 1. The topological polar surface area (TPSA) is 46.5 Å². The fourth-order valence-corrected chi connectivity index (χ4v) is 5.25. The molecule has 4 aliphatic rings. The summed E-state index contributed by atoms with van der Waals surface area (Å²) in [7, 11) is 0. The number of hydrogen-bond acceptors (Lipinski definition) is 3. The fraction of sp³-hybridized carbons (Fsp3) is 0.800. The summed E-state index contributed by atoms with van der Waals surface area (Å²) in [5.41, 5.74) is 0.344. The van der Waals surface area contributed by atoms with Crippen LogP contribution in [0.1, 0.15) is 33.1 Å². The summed E-state index contributed by atoms with van der Waals surface area (Å²) in [5, 5.41) is 10.6. The average Bonchev–Trinajstić information content (AvgIpc) is 2.79. The van der Waals surface area contributed by atoms with E-state index in [4.69, 9.17) is 4.74 Å². The average molecular weight is 248 g/mol. The van der Waals surface area contributed by atoms with E-state index in [9.17, 15) is 9.90 Å². The lowest BCUT2D eigenvalue weighted by Crippen LogP contribution is -2.48. The first-order chi connectivity index (χ1) is 8.50. The molecule has 1 N–H and O–H groups in total. The van der Waals surface area contributed by atoms with Crippen LogP contribution in [0.2, 0.25) is 0 Å². The quantitative estimate of drug-likeness (QED) is 0.666. The van der Waals surface area contributed by atoms with Crippen molar-refractivity contribution in [3.05, 3.63) is 11.6 Å². The lowest BCUT2D eigenvalue weighted by atomic mass is 9.59. The van der Waals surface area contributed by atoms with Gasteiger partial charge in [-0.2, -0.15) is 0 Å². The number of hydrogen-bond donors (Lipinski definition) is 1. The SMILES string of the molecule is C[C@H]1[C@@H]2CC[C@](C)(O)[C@H]3CC=C4C(=O)O[C@@H]1[C@H]4[C@@H]23. The molecule has 98 valence electrons. The fourth-order valence-electron chi connectivity index (χ4n) is 5.25. The zero-order chi connectivity index (χ0) is 12.7. The second-order valence-corrected chi connectivity index (χ2v) is 6.89. The van der Waals surface area contributed by atoms with Gasteiger partial charge in [0.2, 0.25) is 0 Å². The van der Waals surface area contributed by atoms with Gasteiger partial charge in [0.05, 0.1) is 5.60 Å². The van der Waals surface area contributed by atoms with Gasteiger partial charge in [-0.15, -0.1) is 0 Å². The van der Waals surface area contributed by atoms with Gasteiger partial charge < -0.3 is 9.84 Å². The highest BCUT2D eigenvalue weighted by molar-refractivity contribution is 5.92. The van der Waals surface area contributed by atoms with Crippen LogP contribution in [-0.2, 0) is 9.53 Å². The first kappa shape index (κ1) is 11.0. The molecule has 0 spiro atoms. The maximum atomic E-state index is 11.9. The Morgan fingerprint density at radius 1 is 1.50 bits per heavy atom. The molecule has 7 atom stereocenters. The molecule has 1 saturated heterocycles. The second-order valence-electron chi connectivity index (χ2n) is 6.89. The minimum absolute atomic E-state index is 0.0791. The highest BCUT2D eigenvalue weighted by Crippen LogP contribution is 2.62. The molecule has 3 aliphatic carbocycles. The Kier molecular flexibility index (Phi) is 1.95. The second kappa shape index (κ2) is 3.19. The molecule has 1 heterocycles. The molecule has 1 aliphatic heterocycles. The predicted molar refractivity (Wildman–Crippen MR) is 65.6 cm³/mol. The van der Waals surface area contributed by atoms with Crippen molar-refractivity contribution in [3.8, 4) is 0 Å². The summed E-state index contributed by atoms with van der Waals surface area (Å²) in [6.07, 6.45) is 4.93. The Hall–Kier alpha value is -0.830. The molecular formula is C15H20O3. The molecule has 3 heteroatoms. The molecule has 2 saturated carbocycles. The van der Waals surface area contributed by atoms with E-state index in [1.54, 1.807) is 0 Å². The molecule has 3 fully saturated rings. The standard InChI is InChI=1S/C15H20O3/c1-7-8-5-6-15(2,17)10-4-3-9-12(11(8)10)13(7)18-14(9)16/h3,7-8,10-13,17H,4-6H2,1-2H3/t7-,8-,10-,11-,12+,13-,15-/m0/s1. The van der Waals surface area contributed by atoms with Gasteiger partial charge >= 0.3 is 5.97 Å². The van der Waals surface area contributed by atoms with Crippen LogP contribution < -0.4 is 0 Å². The van der Waals surface area contributed by atoms with Gasteiger partial charge in [-0.25, -0.2) is 4.79 Å². The van der Waals surface area contributed by atoms with Crippen LogP contribution in [0.15, 0.2) is 11.6 Å². The molecule has 0 aromatic carbocycles. The molecule has 0 radical (unpaired) electrons. The first-order valence-corrected chi connectivity index (χ1v) is 7.14. The summed E-state index contributed by atoms with van der Waals surface area (Å²) in [6.45, 7) is 4.20. The molecule has 18 heavy (non-hydrogen) atoms. The zero-order valence-corrected chi connectivity index (χ0v) is 10.9. The Balaban J connectivity index is 1.84. The van der Waals surface area contributed by atoms with Crippen LogP contribution in [0.5, 0.6) is 0 Å². The van der Waals surface area contributed by atoms with E-state index in [-0.39, 0.29) is 18.0 Å². The third kappa shape index (κ3) is 1.12. The molecule has 3 nitrogen and oxygen atoms in total. The molecule has 0 aromatic rings. The van der Waals surface area contributed by atoms with Crippen molar-refractivity contribution in [2.75, 3.05) is 0 Å². The summed E-state index contributed by atoms with van der Waals surface area (Å²) < 4.78 is 5.60. The smallest absolute Gasteiger partial charge is 0.334 e. The van der Waals surface area contributed by atoms with Crippen LogP contribution in [-0.4, -0.2) is 22.8 Å². The first-order valence-electron chi connectivity index (χ1n) is 7.14. The van der Waals surface area contributed by atoms with Gasteiger partial charge in [-0.1, -0.05) is 13.0 Å². The minimum atomic E-state index is -0.566. The molecular weight excluding hydrogens is 228 g/mol. The van der Waals surface area contributed by atoms with Gasteiger partial charge in [-0.3, -0.25) is 0 Å².